The molecule has 0 unspecified atom stereocenters. The molecule has 2 aromatic rings. The first kappa shape index (κ1) is 25.5. The second-order valence-electron chi connectivity index (χ2n) is 10.5. The number of benzene rings is 1. The van der Waals surface area contributed by atoms with E-state index in [0.717, 1.165) is 41.2 Å². The van der Waals surface area contributed by atoms with Crippen LogP contribution < -0.4 is 5.32 Å². The highest BCUT2D eigenvalue weighted by Crippen LogP contribution is 2.38. The standard InChI is InChI=1S/C28H37N5O/c1-10-20(17-29-8)21-11-12-23(26(34)13-21)25(30-9)14-24-18(2)33(19(3)31-24)22-15-27(4,5)32-28(6,7)16-22/h9-14,17,22,32H,15-16H2,1-8H3/p+1/b20-10+,25-14-,29-17?. The lowest BCUT2D eigenvalue weighted by Crippen LogP contribution is -2.58. The lowest BCUT2D eigenvalue weighted by atomic mass is 9.79. The van der Waals surface area contributed by atoms with E-state index in [-0.39, 0.29) is 16.8 Å². The number of aromatic hydroxyl groups is 1. The molecule has 2 N–H and O–H groups in total. The van der Waals surface area contributed by atoms with E-state index in [1.54, 1.807) is 19.3 Å². The van der Waals surface area contributed by atoms with Gasteiger partial charge < -0.3 is 15.0 Å². The number of imidazole rings is 1. The number of hydrogen-bond acceptors (Lipinski definition) is 4. The number of phenolic OH excluding ortho intramolecular Hbond substituents is 1. The van der Waals surface area contributed by atoms with Crippen LogP contribution in [0.25, 0.3) is 22.2 Å². The molecule has 1 aromatic heterocycles. The van der Waals surface area contributed by atoms with Gasteiger partial charge in [0.2, 0.25) is 0 Å². The lowest BCUT2D eigenvalue weighted by Gasteiger charge is -2.47. The molecule has 34 heavy (non-hydrogen) atoms. The van der Waals surface area contributed by atoms with Crippen molar-refractivity contribution in [1.29, 1.82) is 0 Å². The Labute approximate surface area is 204 Å². The first-order valence-corrected chi connectivity index (χ1v) is 11.8. The van der Waals surface area contributed by atoms with Crippen molar-refractivity contribution in [2.45, 2.75) is 78.4 Å². The minimum absolute atomic E-state index is 0.0329. The molecule has 0 spiro atoms. The van der Waals surface area contributed by atoms with Crippen molar-refractivity contribution in [3.63, 3.8) is 0 Å². The third kappa shape index (κ3) is 5.31. The molecule has 6 nitrogen and oxygen atoms in total. The number of rotatable bonds is 5. The van der Waals surface area contributed by atoms with Crippen LogP contribution >= 0.6 is 0 Å². The van der Waals surface area contributed by atoms with Gasteiger partial charge >= 0.3 is 5.70 Å². The predicted octanol–water partition coefficient (Wildman–Crippen LogP) is 6.25. The van der Waals surface area contributed by atoms with Gasteiger partial charge in [-0.1, -0.05) is 12.1 Å². The van der Waals surface area contributed by atoms with Crippen molar-refractivity contribution in [1.82, 2.24) is 14.9 Å². The number of aromatic nitrogens is 2. The monoisotopic (exact) mass is 460 g/mol. The van der Waals surface area contributed by atoms with Gasteiger partial charge in [0.25, 0.3) is 6.57 Å². The maximum atomic E-state index is 10.8. The van der Waals surface area contributed by atoms with Gasteiger partial charge in [0.1, 0.15) is 17.1 Å². The van der Waals surface area contributed by atoms with Crippen LogP contribution in [0.3, 0.4) is 0 Å². The number of allylic oxidation sites excluding steroid dienone is 2. The summed E-state index contributed by atoms with van der Waals surface area (Å²) in [5, 5.41) is 14.5. The molecule has 6 heteroatoms. The van der Waals surface area contributed by atoms with Gasteiger partial charge in [-0.2, -0.15) is 0 Å². The zero-order valence-electron chi connectivity index (χ0n) is 21.8. The number of hydrogen-bond donors (Lipinski definition) is 2. The molecule has 0 aliphatic carbocycles. The minimum atomic E-state index is 0.0329. The fourth-order valence-electron chi connectivity index (χ4n) is 5.50. The summed E-state index contributed by atoms with van der Waals surface area (Å²) in [6.07, 6.45) is 7.61. The molecular weight excluding hydrogens is 422 g/mol. The summed E-state index contributed by atoms with van der Waals surface area (Å²) < 4.78 is 2.34. The van der Waals surface area contributed by atoms with Crippen LogP contribution in [0.2, 0.25) is 0 Å². The van der Waals surface area contributed by atoms with Crippen molar-refractivity contribution in [3.05, 3.63) is 57.5 Å². The summed E-state index contributed by atoms with van der Waals surface area (Å²) in [6.45, 7) is 20.9. The molecule has 2 heterocycles. The largest absolute Gasteiger partial charge is 0.507 e. The maximum absolute atomic E-state index is 10.8. The Morgan fingerprint density at radius 2 is 1.88 bits per heavy atom. The highest BCUT2D eigenvalue weighted by Gasteiger charge is 2.39. The SMILES string of the molecule is C#[N+]/C(=C\c1nc(C)n(C2CC(C)(C)NC(C)(C)C2)c1C)c1ccc(/C(C=NC)=C/C)cc1O. The molecule has 180 valence electrons. The van der Waals surface area contributed by atoms with E-state index < -0.39 is 0 Å². The molecule has 1 aliphatic rings. The van der Waals surface area contributed by atoms with Crippen molar-refractivity contribution in [2.24, 2.45) is 4.99 Å². The molecule has 0 radical (unpaired) electrons. The van der Waals surface area contributed by atoms with Gasteiger partial charge in [0.15, 0.2) is 0 Å². The van der Waals surface area contributed by atoms with Crippen LogP contribution in [0.4, 0.5) is 0 Å². The molecule has 3 rings (SSSR count). The summed E-state index contributed by atoms with van der Waals surface area (Å²) in [5.41, 5.74) is 4.79. The fraction of sp³-hybridized carbons (Fsp3) is 0.464. The zero-order valence-corrected chi connectivity index (χ0v) is 21.8. The van der Waals surface area contributed by atoms with Crippen LogP contribution in [-0.2, 0) is 0 Å². The van der Waals surface area contributed by atoms with Crippen molar-refractivity contribution >= 4 is 23.6 Å². The summed E-state index contributed by atoms with van der Waals surface area (Å²) in [5.74, 6) is 1.08. The van der Waals surface area contributed by atoms with Gasteiger partial charge in [0.05, 0.1) is 11.8 Å². The molecule has 1 aliphatic heterocycles. The number of piperidine rings is 1. The van der Waals surface area contributed by atoms with E-state index in [9.17, 15) is 5.11 Å². The van der Waals surface area contributed by atoms with Crippen LogP contribution in [0.5, 0.6) is 5.75 Å². The summed E-state index contributed by atoms with van der Waals surface area (Å²) in [4.78, 5) is 12.9. The Bertz CT molecular complexity index is 1190. The third-order valence-corrected chi connectivity index (χ3v) is 6.50. The zero-order chi connectivity index (χ0) is 25.3. The minimum Gasteiger partial charge on any atom is -0.507 e. The van der Waals surface area contributed by atoms with Gasteiger partial charge in [-0.15, -0.1) is 0 Å². The highest BCUT2D eigenvalue weighted by atomic mass is 16.3. The fourth-order valence-corrected chi connectivity index (χ4v) is 5.50. The third-order valence-electron chi connectivity index (χ3n) is 6.50. The Morgan fingerprint density at radius 1 is 1.24 bits per heavy atom. The number of phenols is 1. The summed E-state index contributed by atoms with van der Waals surface area (Å²) in [7, 11) is 1.72. The molecule has 0 bridgehead atoms. The van der Waals surface area contributed by atoms with E-state index in [1.165, 1.54) is 0 Å². The van der Waals surface area contributed by atoms with E-state index >= 15 is 0 Å². The number of aliphatic imine (C=N–C) groups is 1. The predicted molar refractivity (Wildman–Crippen MR) is 144 cm³/mol. The Hall–Kier alpha value is -3.17. The van der Waals surface area contributed by atoms with E-state index in [4.69, 9.17) is 11.6 Å². The van der Waals surface area contributed by atoms with Gasteiger partial charge in [-0.3, -0.25) is 4.99 Å². The Kier molecular flexibility index (Phi) is 7.18. The second kappa shape index (κ2) is 9.60. The molecule has 0 amide bonds. The Balaban J connectivity index is 2.01. The first-order chi connectivity index (χ1) is 15.9. The van der Waals surface area contributed by atoms with Crippen LogP contribution in [0.1, 0.15) is 81.8 Å². The van der Waals surface area contributed by atoms with Gasteiger partial charge in [0, 0.05) is 36.1 Å². The summed E-state index contributed by atoms with van der Waals surface area (Å²) in [6, 6.07) is 5.81. The molecule has 1 aromatic carbocycles. The number of aryl methyl sites for hydroxylation is 1. The first-order valence-electron chi connectivity index (χ1n) is 11.8. The average Bonchev–Trinajstić information content (AvgIpc) is 3.01. The summed E-state index contributed by atoms with van der Waals surface area (Å²) >= 11 is 0. The van der Waals surface area contributed by atoms with E-state index in [1.807, 2.05) is 38.1 Å². The average molecular weight is 461 g/mol. The normalized spacial score (nSPS) is 18.9. The lowest BCUT2D eigenvalue weighted by molar-refractivity contribution is 0.130. The van der Waals surface area contributed by atoms with E-state index in [0.29, 0.717) is 17.3 Å². The van der Waals surface area contributed by atoms with Crippen LogP contribution in [0, 0.1) is 20.4 Å². The second-order valence-corrected chi connectivity index (χ2v) is 10.5. The maximum Gasteiger partial charge on any atom is 0.352 e. The van der Waals surface area contributed by atoms with Gasteiger partial charge in [-0.05, 0) is 89.4 Å². The number of nitrogens with one attached hydrogen (secondary N) is 1. The van der Waals surface area contributed by atoms with Crippen molar-refractivity contribution < 1.29 is 5.11 Å². The molecule has 0 atom stereocenters. The molecule has 1 fully saturated rings. The van der Waals surface area contributed by atoms with Gasteiger partial charge in [-0.25, -0.2) is 4.98 Å². The Morgan fingerprint density at radius 3 is 2.41 bits per heavy atom. The molecule has 0 saturated carbocycles. The number of nitrogens with zero attached hydrogens (tertiary/aromatic N) is 4. The highest BCUT2D eigenvalue weighted by molar-refractivity contribution is 6.10. The van der Waals surface area contributed by atoms with Crippen LogP contribution in [0.15, 0.2) is 29.3 Å². The van der Waals surface area contributed by atoms with E-state index in [2.05, 4.69) is 54.3 Å². The smallest absolute Gasteiger partial charge is 0.352 e. The van der Waals surface area contributed by atoms with Crippen LogP contribution in [-0.4, -0.2) is 39.0 Å². The topological polar surface area (TPSA) is 66.8 Å². The van der Waals surface area contributed by atoms with Crippen molar-refractivity contribution in [2.75, 3.05) is 7.05 Å². The quantitative estimate of drug-likeness (QED) is 0.518. The van der Waals surface area contributed by atoms with Crippen molar-refractivity contribution in [3.8, 4) is 12.3 Å². The molecule has 1 saturated heterocycles. The molecular formula is C28H38N5O+.